The first-order valence-electron chi connectivity index (χ1n) is 9.33. The van der Waals surface area contributed by atoms with Crippen LogP contribution >= 0.6 is 0 Å². The molecule has 0 radical (unpaired) electrons. The Bertz CT molecular complexity index is 995. The molecule has 0 aliphatic carbocycles. The van der Waals surface area contributed by atoms with E-state index in [1.165, 1.54) is 23.8 Å². The number of aromatic nitrogens is 1. The zero-order valence-electron chi connectivity index (χ0n) is 15.7. The molecule has 6 heteroatoms. The number of rotatable bonds is 5. The SMILES string of the molecule is Cc1ccc(Nc2ccc3[nH]cc(C[C@H]4CCCN4C)c3c2)c([N+](=O)[O-])c1. The third-order valence-corrected chi connectivity index (χ3v) is 5.52. The van der Waals surface area contributed by atoms with Crippen LogP contribution in [-0.2, 0) is 6.42 Å². The summed E-state index contributed by atoms with van der Waals surface area (Å²) < 4.78 is 0. The number of hydrogen-bond acceptors (Lipinski definition) is 4. The summed E-state index contributed by atoms with van der Waals surface area (Å²) >= 11 is 0. The number of nitro benzene ring substituents is 1. The molecule has 1 fully saturated rings. The van der Waals surface area contributed by atoms with E-state index >= 15 is 0 Å². The van der Waals surface area contributed by atoms with Crippen molar-refractivity contribution in [2.45, 2.75) is 32.2 Å². The van der Waals surface area contributed by atoms with Crippen LogP contribution in [0.1, 0.15) is 24.0 Å². The van der Waals surface area contributed by atoms with E-state index in [9.17, 15) is 10.1 Å². The standard InChI is InChI=1S/C21H24N4O2/c1-14-5-7-20(21(10-14)25(26)27)23-16-6-8-19-18(12-16)15(13-22-19)11-17-4-3-9-24(17)2/h5-8,10,12-13,17,22-23H,3-4,9,11H2,1-2H3/t17-/m1/s1. The lowest BCUT2D eigenvalue weighted by Crippen LogP contribution is -2.26. The van der Waals surface area contributed by atoms with Crippen LogP contribution in [0.3, 0.4) is 0 Å². The summed E-state index contributed by atoms with van der Waals surface area (Å²) in [5.41, 5.74) is 4.72. The average molecular weight is 364 g/mol. The minimum atomic E-state index is -0.342. The highest BCUT2D eigenvalue weighted by molar-refractivity contribution is 5.88. The van der Waals surface area contributed by atoms with E-state index in [2.05, 4.69) is 34.5 Å². The van der Waals surface area contributed by atoms with Gasteiger partial charge in [0.05, 0.1) is 4.92 Å². The number of likely N-dealkylation sites (tertiary alicyclic amines) is 1. The van der Waals surface area contributed by atoms with Gasteiger partial charge in [0.25, 0.3) is 5.69 Å². The topological polar surface area (TPSA) is 74.2 Å². The van der Waals surface area contributed by atoms with Crippen molar-refractivity contribution in [1.29, 1.82) is 0 Å². The van der Waals surface area contributed by atoms with Gasteiger partial charge in [-0.05, 0) is 75.2 Å². The molecular formula is C21H24N4O2. The van der Waals surface area contributed by atoms with E-state index in [1.54, 1.807) is 12.1 Å². The Morgan fingerprint density at radius 1 is 1.30 bits per heavy atom. The third-order valence-electron chi connectivity index (χ3n) is 5.52. The number of hydrogen-bond donors (Lipinski definition) is 2. The van der Waals surface area contributed by atoms with Crippen LogP contribution in [0.4, 0.5) is 17.1 Å². The largest absolute Gasteiger partial charge is 0.361 e. The van der Waals surface area contributed by atoms with E-state index < -0.39 is 0 Å². The van der Waals surface area contributed by atoms with Crippen molar-refractivity contribution in [2.24, 2.45) is 0 Å². The molecule has 3 aromatic rings. The Kier molecular flexibility index (Phi) is 4.58. The molecule has 140 valence electrons. The highest BCUT2D eigenvalue weighted by Crippen LogP contribution is 2.31. The van der Waals surface area contributed by atoms with Gasteiger partial charge in [-0.25, -0.2) is 0 Å². The molecule has 0 unspecified atom stereocenters. The van der Waals surface area contributed by atoms with Gasteiger partial charge >= 0.3 is 0 Å². The fraction of sp³-hybridized carbons (Fsp3) is 0.333. The molecular weight excluding hydrogens is 340 g/mol. The van der Waals surface area contributed by atoms with Gasteiger partial charge in [0.15, 0.2) is 0 Å². The number of benzene rings is 2. The Balaban J connectivity index is 1.64. The predicted octanol–water partition coefficient (Wildman–Crippen LogP) is 4.76. The molecule has 27 heavy (non-hydrogen) atoms. The molecule has 0 spiro atoms. The van der Waals surface area contributed by atoms with Gasteiger partial charge in [0, 0.05) is 34.9 Å². The number of aryl methyl sites for hydroxylation is 1. The molecule has 1 atom stereocenters. The van der Waals surface area contributed by atoms with Crippen LogP contribution < -0.4 is 5.32 Å². The maximum absolute atomic E-state index is 11.4. The smallest absolute Gasteiger partial charge is 0.292 e. The van der Waals surface area contributed by atoms with Gasteiger partial charge in [0.2, 0.25) is 0 Å². The second-order valence-corrected chi connectivity index (χ2v) is 7.46. The number of H-pyrrole nitrogens is 1. The maximum atomic E-state index is 11.4. The van der Waals surface area contributed by atoms with Crippen molar-refractivity contribution in [3.63, 3.8) is 0 Å². The van der Waals surface area contributed by atoms with Crippen molar-refractivity contribution in [3.05, 3.63) is 63.8 Å². The van der Waals surface area contributed by atoms with E-state index in [-0.39, 0.29) is 10.6 Å². The average Bonchev–Trinajstić information content (AvgIpc) is 3.23. The van der Waals surface area contributed by atoms with Gasteiger partial charge in [0.1, 0.15) is 5.69 Å². The molecule has 0 saturated carbocycles. The van der Waals surface area contributed by atoms with Crippen molar-refractivity contribution in [1.82, 2.24) is 9.88 Å². The van der Waals surface area contributed by atoms with Gasteiger partial charge in [-0.15, -0.1) is 0 Å². The number of nitrogens with zero attached hydrogens (tertiary/aromatic N) is 2. The summed E-state index contributed by atoms with van der Waals surface area (Å²) in [6, 6.07) is 11.9. The highest BCUT2D eigenvalue weighted by Gasteiger charge is 2.22. The molecule has 0 amide bonds. The van der Waals surface area contributed by atoms with Crippen LogP contribution in [0.2, 0.25) is 0 Å². The number of aromatic amines is 1. The van der Waals surface area contributed by atoms with Gasteiger partial charge in [-0.2, -0.15) is 0 Å². The van der Waals surface area contributed by atoms with Crippen molar-refractivity contribution >= 4 is 28.0 Å². The Morgan fingerprint density at radius 2 is 2.15 bits per heavy atom. The lowest BCUT2D eigenvalue weighted by atomic mass is 10.0. The zero-order chi connectivity index (χ0) is 19.0. The van der Waals surface area contributed by atoms with Crippen molar-refractivity contribution < 1.29 is 4.92 Å². The van der Waals surface area contributed by atoms with Gasteiger partial charge < -0.3 is 15.2 Å². The summed E-state index contributed by atoms with van der Waals surface area (Å²) in [4.78, 5) is 16.8. The third kappa shape index (κ3) is 3.53. The normalized spacial score (nSPS) is 17.5. The lowest BCUT2D eigenvalue weighted by molar-refractivity contribution is -0.384. The summed E-state index contributed by atoms with van der Waals surface area (Å²) in [6.45, 7) is 3.02. The number of anilines is 2. The van der Waals surface area contributed by atoms with Crippen molar-refractivity contribution in [3.8, 4) is 0 Å². The Morgan fingerprint density at radius 3 is 2.89 bits per heavy atom. The molecule has 1 aliphatic rings. The minimum Gasteiger partial charge on any atom is -0.361 e. The molecule has 1 aromatic heterocycles. The predicted molar refractivity (Wildman–Crippen MR) is 109 cm³/mol. The quantitative estimate of drug-likeness (QED) is 0.505. The number of likely N-dealkylation sites (N-methyl/N-ethyl adjacent to an activating group) is 1. The van der Waals surface area contributed by atoms with Gasteiger partial charge in [-0.1, -0.05) is 6.07 Å². The molecule has 1 aliphatic heterocycles. The van der Waals surface area contributed by atoms with E-state index in [0.29, 0.717) is 11.7 Å². The first kappa shape index (κ1) is 17.5. The van der Waals surface area contributed by atoms with Gasteiger partial charge in [-0.3, -0.25) is 10.1 Å². The highest BCUT2D eigenvalue weighted by atomic mass is 16.6. The van der Waals surface area contributed by atoms with E-state index in [4.69, 9.17) is 0 Å². The van der Waals surface area contributed by atoms with Crippen LogP contribution in [0.25, 0.3) is 10.9 Å². The molecule has 1 saturated heterocycles. The minimum absolute atomic E-state index is 0.0944. The first-order valence-corrected chi connectivity index (χ1v) is 9.33. The summed E-state index contributed by atoms with van der Waals surface area (Å²) in [5.74, 6) is 0. The molecule has 2 heterocycles. The van der Waals surface area contributed by atoms with E-state index in [0.717, 1.165) is 29.7 Å². The molecule has 6 nitrogen and oxygen atoms in total. The fourth-order valence-electron chi connectivity index (χ4n) is 3.97. The second kappa shape index (κ2) is 7.04. The molecule has 2 N–H and O–H groups in total. The fourth-order valence-corrected chi connectivity index (χ4v) is 3.97. The first-order chi connectivity index (χ1) is 13.0. The molecule has 4 rings (SSSR count). The van der Waals surface area contributed by atoms with E-state index in [1.807, 2.05) is 25.1 Å². The summed E-state index contributed by atoms with van der Waals surface area (Å²) in [5, 5.41) is 15.8. The summed E-state index contributed by atoms with van der Waals surface area (Å²) in [7, 11) is 2.19. The molecule has 2 aromatic carbocycles. The van der Waals surface area contributed by atoms with Crippen molar-refractivity contribution in [2.75, 3.05) is 18.9 Å². The Hall–Kier alpha value is -2.86. The number of nitro groups is 1. The number of nitrogens with one attached hydrogen (secondary N) is 2. The van der Waals surface area contributed by atoms with Crippen LogP contribution in [-0.4, -0.2) is 34.4 Å². The Labute approximate surface area is 158 Å². The summed E-state index contributed by atoms with van der Waals surface area (Å²) in [6.07, 6.45) is 5.60. The zero-order valence-corrected chi connectivity index (χ0v) is 15.7. The van der Waals surface area contributed by atoms with Crippen LogP contribution in [0, 0.1) is 17.0 Å². The lowest BCUT2D eigenvalue weighted by Gasteiger charge is -2.18. The maximum Gasteiger partial charge on any atom is 0.292 e. The van der Waals surface area contributed by atoms with Crippen LogP contribution in [0.15, 0.2) is 42.6 Å². The number of fused-ring (bicyclic) bond motifs is 1. The molecule has 0 bridgehead atoms. The second-order valence-electron chi connectivity index (χ2n) is 7.46. The van der Waals surface area contributed by atoms with Crippen LogP contribution in [0.5, 0.6) is 0 Å². The monoisotopic (exact) mass is 364 g/mol.